The summed E-state index contributed by atoms with van der Waals surface area (Å²) < 4.78 is 0. The highest BCUT2D eigenvalue weighted by atomic mass is 16.1. The number of carbonyl (C=O) groups excluding carboxylic acids is 1. The monoisotopic (exact) mass is 235 g/mol. The standard InChI is InChI=1S/C13H21N3O/c1-10(8-14)5-6-13(17)16-9-12-11(2)4-3-7-15-12/h3-4,7,10H,5-6,8-9,14H2,1-2H3,(H,16,17). The van der Waals surface area contributed by atoms with Gasteiger partial charge in [-0.05, 0) is 37.4 Å². The average Bonchev–Trinajstić information content (AvgIpc) is 2.35. The zero-order chi connectivity index (χ0) is 12.7. The van der Waals surface area contributed by atoms with Crippen molar-refractivity contribution in [2.24, 2.45) is 11.7 Å². The maximum absolute atomic E-state index is 11.6. The van der Waals surface area contributed by atoms with E-state index in [1.54, 1.807) is 6.20 Å². The van der Waals surface area contributed by atoms with Crippen molar-refractivity contribution in [1.29, 1.82) is 0 Å². The number of aromatic nitrogens is 1. The van der Waals surface area contributed by atoms with Crippen LogP contribution < -0.4 is 11.1 Å². The number of nitrogens with zero attached hydrogens (tertiary/aromatic N) is 1. The van der Waals surface area contributed by atoms with Crippen LogP contribution in [0, 0.1) is 12.8 Å². The summed E-state index contributed by atoms with van der Waals surface area (Å²) in [6.07, 6.45) is 3.11. The van der Waals surface area contributed by atoms with Crippen LogP contribution in [0.3, 0.4) is 0 Å². The molecule has 0 fully saturated rings. The minimum Gasteiger partial charge on any atom is -0.350 e. The van der Waals surface area contributed by atoms with Crippen LogP contribution in [0.25, 0.3) is 0 Å². The first-order valence-corrected chi connectivity index (χ1v) is 6.00. The summed E-state index contributed by atoms with van der Waals surface area (Å²) in [4.78, 5) is 15.8. The molecule has 0 aliphatic carbocycles. The Bertz CT molecular complexity index is 365. The molecule has 0 bridgehead atoms. The van der Waals surface area contributed by atoms with Gasteiger partial charge in [0.25, 0.3) is 0 Å². The number of nitrogens with two attached hydrogens (primary N) is 1. The van der Waals surface area contributed by atoms with Crippen LogP contribution in [0.2, 0.25) is 0 Å². The Morgan fingerprint density at radius 2 is 2.35 bits per heavy atom. The number of nitrogens with one attached hydrogen (secondary N) is 1. The molecule has 4 nitrogen and oxygen atoms in total. The molecule has 1 aromatic rings. The largest absolute Gasteiger partial charge is 0.350 e. The van der Waals surface area contributed by atoms with E-state index in [2.05, 4.69) is 17.2 Å². The van der Waals surface area contributed by atoms with Crippen molar-refractivity contribution < 1.29 is 4.79 Å². The lowest BCUT2D eigenvalue weighted by Crippen LogP contribution is -2.24. The summed E-state index contributed by atoms with van der Waals surface area (Å²) in [6, 6.07) is 3.88. The van der Waals surface area contributed by atoms with Crippen molar-refractivity contribution in [2.45, 2.75) is 33.2 Å². The maximum Gasteiger partial charge on any atom is 0.220 e. The van der Waals surface area contributed by atoms with E-state index in [0.717, 1.165) is 17.7 Å². The van der Waals surface area contributed by atoms with Gasteiger partial charge in [0, 0.05) is 12.6 Å². The van der Waals surface area contributed by atoms with Crippen LogP contribution in [0.15, 0.2) is 18.3 Å². The van der Waals surface area contributed by atoms with E-state index < -0.39 is 0 Å². The second-order valence-electron chi connectivity index (χ2n) is 4.42. The molecule has 1 aromatic heterocycles. The van der Waals surface area contributed by atoms with Gasteiger partial charge in [-0.3, -0.25) is 9.78 Å². The number of hydrogen-bond acceptors (Lipinski definition) is 3. The molecule has 0 saturated heterocycles. The quantitative estimate of drug-likeness (QED) is 0.782. The van der Waals surface area contributed by atoms with E-state index in [4.69, 9.17) is 5.73 Å². The van der Waals surface area contributed by atoms with Gasteiger partial charge in [-0.25, -0.2) is 0 Å². The number of carbonyl (C=O) groups is 1. The van der Waals surface area contributed by atoms with Gasteiger partial charge in [0.1, 0.15) is 0 Å². The highest BCUT2D eigenvalue weighted by molar-refractivity contribution is 5.75. The van der Waals surface area contributed by atoms with Crippen LogP contribution in [0.1, 0.15) is 31.0 Å². The second-order valence-corrected chi connectivity index (χ2v) is 4.42. The van der Waals surface area contributed by atoms with Crippen molar-refractivity contribution in [3.05, 3.63) is 29.6 Å². The zero-order valence-electron chi connectivity index (χ0n) is 10.6. The van der Waals surface area contributed by atoms with Gasteiger partial charge in [-0.2, -0.15) is 0 Å². The van der Waals surface area contributed by atoms with Gasteiger partial charge in [0.15, 0.2) is 0 Å². The fourth-order valence-electron chi connectivity index (χ4n) is 1.47. The van der Waals surface area contributed by atoms with Gasteiger partial charge < -0.3 is 11.1 Å². The van der Waals surface area contributed by atoms with Gasteiger partial charge in [0.05, 0.1) is 12.2 Å². The highest BCUT2D eigenvalue weighted by Crippen LogP contribution is 2.05. The summed E-state index contributed by atoms with van der Waals surface area (Å²) >= 11 is 0. The number of pyridine rings is 1. The predicted octanol–water partition coefficient (Wildman–Crippen LogP) is 1.38. The van der Waals surface area contributed by atoms with Crippen molar-refractivity contribution in [3.8, 4) is 0 Å². The molecule has 3 N–H and O–H groups in total. The van der Waals surface area contributed by atoms with E-state index in [1.165, 1.54) is 0 Å². The first-order chi connectivity index (χ1) is 8.13. The Morgan fingerprint density at radius 3 is 3.00 bits per heavy atom. The predicted molar refractivity (Wildman–Crippen MR) is 68.3 cm³/mol. The van der Waals surface area contributed by atoms with Gasteiger partial charge >= 0.3 is 0 Å². The maximum atomic E-state index is 11.6. The van der Waals surface area contributed by atoms with E-state index >= 15 is 0 Å². The molecule has 94 valence electrons. The number of rotatable bonds is 6. The van der Waals surface area contributed by atoms with E-state index in [9.17, 15) is 4.79 Å². The summed E-state index contributed by atoms with van der Waals surface area (Å²) in [7, 11) is 0. The van der Waals surface area contributed by atoms with E-state index in [1.807, 2.05) is 19.1 Å². The molecule has 4 heteroatoms. The van der Waals surface area contributed by atoms with Crippen LogP contribution >= 0.6 is 0 Å². The summed E-state index contributed by atoms with van der Waals surface area (Å²) in [6.45, 7) is 5.18. The van der Waals surface area contributed by atoms with Gasteiger partial charge in [-0.1, -0.05) is 13.0 Å². The lowest BCUT2D eigenvalue weighted by atomic mass is 10.1. The van der Waals surface area contributed by atoms with E-state index in [-0.39, 0.29) is 5.91 Å². The Balaban J connectivity index is 2.31. The Labute approximate surface area is 103 Å². The van der Waals surface area contributed by atoms with Crippen molar-refractivity contribution in [1.82, 2.24) is 10.3 Å². The minimum absolute atomic E-state index is 0.0651. The first-order valence-electron chi connectivity index (χ1n) is 6.00. The normalized spacial score (nSPS) is 12.2. The average molecular weight is 235 g/mol. The van der Waals surface area contributed by atoms with Crippen molar-refractivity contribution >= 4 is 5.91 Å². The molecule has 0 aromatic carbocycles. The SMILES string of the molecule is Cc1cccnc1CNC(=O)CCC(C)CN. The molecule has 1 rings (SSSR count). The van der Waals surface area contributed by atoms with Crippen molar-refractivity contribution in [3.63, 3.8) is 0 Å². The van der Waals surface area contributed by atoms with Crippen LogP contribution in [0.5, 0.6) is 0 Å². The van der Waals surface area contributed by atoms with Crippen LogP contribution in [-0.4, -0.2) is 17.4 Å². The van der Waals surface area contributed by atoms with Gasteiger partial charge in [0.2, 0.25) is 5.91 Å². The van der Waals surface area contributed by atoms with Crippen molar-refractivity contribution in [2.75, 3.05) is 6.54 Å². The molecule has 0 aliphatic rings. The highest BCUT2D eigenvalue weighted by Gasteiger charge is 2.06. The first kappa shape index (κ1) is 13.6. The topological polar surface area (TPSA) is 68.0 Å². The molecule has 0 saturated carbocycles. The molecular formula is C13H21N3O. The summed E-state index contributed by atoms with van der Waals surface area (Å²) in [5.74, 6) is 0.465. The number of amides is 1. The molecule has 0 aliphatic heterocycles. The molecule has 0 radical (unpaired) electrons. The second kappa shape index (κ2) is 7.01. The molecule has 1 amide bonds. The zero-order valence-corrected chi connectivity index (χ0v) is 10.6. The lowest BCUT2D eigenvalue weighted by molar-refractivity contribution is -0.121. The molecule has 0 spiro atoms. The minimum atomic E-state index is 0.0651. The number of hydrogen-bond donors (Lipinski definition) is 2. The fraction of sp³-hybridized carbons (Fsp3) is 0.538. The Morgan fingerprint density at radius 1 is 1.59 bits per heavy atom. The lowest BCUT2D eigenvalue weighted by Gasteiger charge is -2.09. The molecule has 17 heavy (non-hydrogen) atoms. The molecule has 1 unspecified atom stereocenters. The fourth-order valence-corrected chi connectivity index (χ4v) is 1.47. The third kappa shape index (κ3) is 4.95. The molecular weight excluding hydrogens is 214 g/mol. The van der Waals surface area contributed by atoms with Crippen LogP contribution in [0.4, 0.5) is 0 Å². The third-order valence-corrected chi connectivity index (χ3v) is 2.84. The smallest absolute Gasteiger partial charge is 0.220 e. The van der Waals surface area contributed by atoms with Crippen LogP contribution in [-0.2, 0) is 11.3 Å². The Hall–Kier alpha value is -1.42. The summed E-state index contributed by atoms with van der Waals surface area (Å²) in [5.41, 5.74) is 7.53. The number of aryl methyl sites for hydroxylation is 1. The molecule has 1 heterocycles. The Kier molecular flexibility index (Phi) is 5.63. The van der Waals surface area contributed by atoms with E-state index in [0.29, 0.717) is 25.4 Å². The third-order valence-electron chi connectivity index (χ3n) is 2.84. The van der Waals surface area contributed by atoms with Gasteiger partial charge in [-0.15, -0.1) is 0 Å². The molecule has 1 atom stereocenters. The summed E-state index contributed by atoms with van der Waals surface area (Å²) in [5, 5.41) is 2.88.